The Hall–Kier alpha value is -4.08. The molecule has 3 rings (SSSR count). The molecule has 0 saturated heterocycles. The van der Waals surface area contributed by atoms with Gasteiger partial charge in [0.05, 0.1) is 22.3 Å². The monoisotopic (exact) mass is 440 g/mol. The van der Waals surface area contributed by atoms with E-state index in [4.69, 9.17) is 11.5 Å². The molecule has 168 valence electrons. The van der Waals surface area contributed by atoms with Crippen molar-refractivity contribution < 1.29 is 29.4 Å². The number of carbonyl (C=O) groups excluding carboxylic acids is 2. The highest BCUT2D eigenvalue weighted by atomic mass is 16.4. The van der Waals surface area contributed by atoms with Crippen molar-refractivity contribution in [2.24, 2.45) is 0 Å². The van der Waals surface area contributed by atoms with Gasteiger partial charge in [-0.25, -0.2) is 9.59 Å². The van der Waals surface area contributed by atoms with Gasteiger partial charge in [0, 0.05) is 23.5 Å². The van der Waals surface area contributed by atoms with Gasteiger partial charge in [-0.15, -0.1) is 0 Å². The SMILES string of the molecule is Nc1ccc(C(=O)NC2CCC(NC(=O)c3ccc(N)cc3C(=O)O)CC2)c(C(=O)O)c1. The summed E-state index contributed by atoms with van der Waals surface area (Å²) in [5, 5.41) is 24.3. The van der Waals surface area contributed by atoms with Gasteiger partial charge in [-0.2, -0.15) is 0 Å². The number of hydrogen-bond donors (Lipinski definition) is 6. The molecule has 2 aromatic rings. The van der Waals surface area contributed by atoms with Crippen LogP contribution in [-0.4, -0.2) is 46.0 Å². The van der Waals surface area contributed by atoms with Gasteiger partial charge < -0.3 is 32.3 Å². The molecule has 0 bridgehead atoms. The van der Waals surface area contributed by atoms with Crippen LogP contribution in [0, 0.1) is 0 Å². The zero-order valence-corrected chi connectivity index (χ0v) is 17.1. The summed E-state index contributed by atoms with van der Waals surface area (Å²) < 4.78 is 0. The fourth-order valence-electron chi connectivity index (χ4n) is 3.78. The maximum Gasteiger partial charge on any atom is 0.336 e. The fourth-order valence-corrected chi connectivity index (χ4v) is 3.78. The summed E-state index contributed by atoms with van der Waals surface area (Å²) in [5.74, 6) is -3.47. The molecule has 10 nitrogen and oxygen atoms in total. The van der Waals surface area contributed by atoms with E-state index in [9.17, 15) is 29.4 Å². The molecule has 0 aromatic heterocycles. The largest absolute Gasteiger partial charge is 0.478 e. The lowest BCUT2D eigenvalue weighted by Crippen LogP contribution is -2.44. The number of carboxylic acids is 2. The summed E-state index contributed by atoms with van der Waals surface area (Å²) in [7, 11) is 0. The summed E-state index contributed by atoms with van der Waals surface area (Å²) >= 11 is 0. The highest BCUT2D eigenvalue weighted by Gasteiger charge is 2.27. The van der Waals surface area contributed by atoms with E-state index < -0.39 is 23.8 Å². The Morgan fingerprint density at radius 1 is 0.656 bits per heavy atom. The van der Waals surface area contributed by atoms with E-state index in [-0.39, 0.29) is 45.7 Å². The van der Waals surface area contributed by atoms with Crippen LogP contribution in [-0.2, 0) is 0 Å². The molecule has 0 atom stereocenters. The van der Waals surface area contributed by atoms with Crippen molar-refractivity contribution in [2.45, 2.75) is 37.8 Å². The third kappa shape index (κ3) is 5.15. The number of anilines is 2. The number of benzene rings is 2. The summed E-state index contributed by atoms with van der Waals surface area (Å²) in [6.45, 7) is 0. The van der Waals surface area contributed by atoms with Gasteiger partial charge in [0.1, 0.15) is 0 Å². The fraction of sp³-hybridized carbons (Fsp3) is 0.273. The van der Waals surface area contributed by atoms with Gasteiger partial charge >= 0.3 is 11.9 Å². The number of aromatic carboxylic acids is 2. The first-order valence-corrected chi connectivity index (χ1v) is 10.0. The summed E-state index contributed by atoms with van der Waals surface area (Å²) in [6, 6.07) is 7.83. The van der Waals surface area contributed by atoms with Crippen LogP contribution in [0.15, 0.2) is 36.4 Å². The number of carbonyl (C=O) groups is 4. The molecule has 1 fully saturated rings. The molecular weight excluding hydrogens is 416 g/mol. The van der Waals surface area contributed by atoms with E-state index in [1.54, 1.807) is 0 Å². The van der Waals surface area contributed by atoms with Crippen molar-refractivity contribution in [2.75, 3.05) is 11.5 Å². The standard InChI is InChI=1S/C22H24N4O6/c23-11-1-7-15(17(9-11)21(29)30)19(27)25-13-3-5-14(6-4-13)26-20(28)16-8-2-12(24)10-18(16)22(31)32/h1-2,7-10,13-14H,3-6,23-24H2,(H,25,27)(H,26,28)(H,29,30)(H,31,32). The molecule has 10 heteroatoms. The summed E-state index contributed by atoms with van der Waals surface area (Å²) in [6.07, 6.45) is 2.28. The molecule has 32 heavy (non-hydrogen) atoms. The Bertz CT molecular complexity index is 991. The topological polar surface area (TPSA) is 185 Å². The van der Waals surface area contributed by atoms with Crippen LogP contribution < -0.4 is 22.1 Å². The minimum atomic E-state index is -1.24. The molecule has 1 saturated carbocycles. The third-order valence-corrected chi connectivity index (χ3v) is 5.43. The van der Waals surface area contributed by atoms with Gasteiger partial charge in [-0.05, 0) is 62.1 Å². The highest BCUT2D eigenvalue weighted by molar-refractivity contribution is 6.06. The summed E-state index contributed by atoms with van der Waals surface area (Å²) in [4.78, 5) is 47.9. The molecule has 1 aliphatic rings. The Morgan fingerprint density at radius 3 is 1.31 bits per heavy atom. The normalized spacial score (nSPS) is 17.9. The maximum absolute atomic E-state index is 12.6. The highest BCUT2D eigenvalue weighted by Crippen LogP contribution is 2.22. The first-order valence-electron chi connectivity index (χ1n) is 10.0. The number of nitrogens with two attached hydrogens (primary N) is 2. The van der Waals surface area contributed by atoms with Crippen molar-refractivity contribution in [1.82, 2.24) is 10.6 Å². The lowest BCUT2D eigenvalue weighted by atomic mass is 9.90. The van der Waals surface area contributed by atoms with Gasteiger partial charge in [0.15, 0.2) is 0 Å². The lowest BCUT2D eigenvalue weighted by Gasteiger charge is -2.30. The van der Waals surface area contributed by atoms with Gasteiger partial charge in [0.25, 0.3) is 11.8 Å². The molecule has 8 N–H and O–H groups in total. The van der Waals surface area contributed by atoms with Crippen molar-refractivity contribution in [3.63, 3.8) is 0 Å². The Morgan fingerprint density at radius 2 is 1.00 bits per heavy atom. The minimum Gasteiger partial charge on any atom is -0.478 e. The van der Waals surface area contributed by atoms with E-state index in [2.05, 4.69) is 10.6 Å². The van der Waals surface area contributed by atoms with Crippen LogP contribution in [0.3, 0.4) is 0 Å². The van der Waals surface area contributed by atoms with Crippen LogP contribution in [0.2, 0.25) is 0 Å². The van der Waals surface area contributed by atoms with Crippen LogP contribution in [0.4, 0.5) is 11.4 Å². The quantitative estimate of drug-likeness (QED) is 0.366. The lowest BCUT2D eigenvalue weighted by molar-refractivity contribution is 0.0681. The van der Waals surface area contributed by atoms with E-state index >= 15 is 0 Å². The number of amides is 2. The first kappa shape index (κ1) is 22.6. The number of rotatable bonds is 6. The second-order valence-corrected chi connectivity index (χ2v) is 7.72. The van der Waals surface area contributed by atoms with Gasteiger partial charge in [-0.3, -0.25) is 9.59 Å². The predicted octanol–water partition coefficient (Wildman–Crippen LogP) is 1.72. The first-order chi connectivity index (χ1) is 15.2. The molecular formula is C22H24N4O6. The van der Waals surface area contributed by atoms with E-state index in [0.717, 1.165) is 0 Å². The zero-order chi connectivity index (χ0) is 23.4. The number of nitrogens with one attached hydrogen (secondary N) is 2. The van der Waals surface area contributed by atoms with Crippen LogP contribution in [0.5, 0.6) is 0 Å². The number of hydrogen-bond acceptors (Lipinski definition) is 6. The minimum absolute atomic E-state index is 0.0340. The zero-order valence-electron chi connectivity index (χ0n) is 17.1. The molecule has 2 aromatic carbocycles. The molecule has 0 aliphatic heterocycles. The van der Waals surface area contributed by atoms with Gasteiger partial charge in [0.2, 0.25) is 0 Å². The maximum atomic E-state index is 12.6. The van der Waals surface area contributed by atoms with Crippen molar-refractivity contribution in [1.29, 1.82) is 0 Å². The Balaban J connectivity index is 1.58. The van der Waals surface area contributed by atoms with Crippen molar-refractivity contribution in [3.05, 3.63) is 58.7 Å². The molecule has 1 aliphatic carbocycles. The molecule has 0 radical (unpaired) electrons. The van der Waals surface area contributed by atoms with Crippen LogP contribution in [0.1, 0.15) is 67.1 Å². The van der Waals surface area contributed by atoms with Crippen LogP contribution >= 0.6 is 0 Å². The number of carboxylic acid groups (broad SMARTS) is 2. The molecule has 0 heterocycles. The molecule has 2 amide bonds. The second kappa shape index (κ2) is 9.38. The predicted molar refractivity (Wildman–Crippen MR) is 117 cm³/mol. The second-order valence-electron chi connectivity index (χ2n) is 7.72. The molecule has 0 unspecified atom stereocenters. The summed E-state index contributed by atoms with van der Waals surface area (Å²) in [5.41, 5.74) is 11.5. The molecule has 0 spiro atoms. The number of nitrogen functional groups attached to an aromatic ring is 2. The van der Waals surface area contributed by atoms with Crippen LogP contribution in [0.25, 0.3) is 0 Å². The van der Waals surface area contributed by atoms with E-state index in [0.29, 0.717) is 25.7 Å². The Kier molecular flexibility index (Phi) is 6.62. The average Bonchev–Trinajstić information content (AvgIpc) is 2.74. The smallest absolute Gasteiger partial charge is 0.336 e. The van der Waals surface area contributed by atoms with Gasteiger partial charge in [-0.1, -0.05) is 0 Å². The third-order valence-electron chi connectivity index (χ3n) is 5.43. The Labute approximate surface area is 183 Å². The van der Waals surface area contributed by atoms with E-state index in [1.807, 2.05) is 0 Å². The van der Waals surface area contributed by atoms with Crippen molar-refractivity contribution >= 4 is 35.1 Å². The van der Waals surface area contributed by atoms with E-state index in [1.165, 1.54) is 36.4 Å². The van der Waals surface area contributed by atoms with Crippen molar-refractivity contribution in [3.8, 4) is 0 Å². The average molecular weight is 440 g/mol.